The summed E-state index contributed by atoms with van der Waals surface area (Å²) in [5.41, 5.74) is 0.925. The molecule has 0 saturated heterocycles. The van der Waals surface area contributed by atoms with Crippen molar-refractivity contribution in [2.24, 2.45) is 0 Å². The second-order valence-corrected chi connectivity index (χ2v) is 5.09. The maximum absolute atomic E-state index is 13.0. The summed E-state index contributed by atoms with van der Waals surface area (Å²) in [7, 11) is 0. The van der Waals surface area contributed by atoms with Crippen LogP contribution in [0.3, 0.4) is 0 Å². The van der Waals surface area contributed by atoms with E-state index in [9.17, 15) is 13.6 Å². The van der Waals surface area contributed by atoms with E-state index in [4.69, 9.17) is 0 Å². The van der Waals surface area contributed by atoms with Crippen molar-refractivity contribution >= 4 is 23.5 Å². The van der Waals surface area contributed by atoms with Gasteiger partial charge in [0.2, 0.25) is 5.91 Å². The van der Waals surface area contributed by atoms with E-state index in [1.54, 1.807) is 6.07 Å². The molecule has 0 unspecified atom stereocenters. The number of aromatic amines is 1. The van der Waals surface area contributed by atoms with Crippen LogP contribution in [0.25, 0.3) is 0 Å². The number of hydrogen-bond acceptors (Lipinski definition) is 3. The summed E-state index contributed by atoms with van der Waals surface area (Å²) < 4.78 is 25.7. The molecule has 1 amide bonds. The molecule has 106 valence electrons. The SMILES string of the molecule is CCc1cc(NC(=O)CSc2ccc(F)c(F)c2)n[nH]1. The number of aromatic nitrogens is 2. The fourth-order valence-electron chi connectivity index (χ4n) is 1.50. The average molecular weight is 297 g/mol. The molecule has 1 heterocycles. The Morgan fingerprint density at radius 3 is 2.80 bits per heavy atom. The predicted octanol–water partition coefficient (Wildman–Crippen LogP) is 2.98. The second-order valence-electron chi connectivity index (χ2n) is 4.04. The van der Waals surface area contributed by atoms with Crippen LogP contribution < -0.4 is 5.32 Å². The highest BCUT2D eigenvalue weighted by Gasteiger charge is 2.08. The molecule has 4 nitrogen and oxygen atoms in total. The van der Waals surface area contributed by atoms with Crippen LogP contribution in [0.4, 0.5) is 14.6 Å². The largest absolute Gasteiger partial charge is 0.308 e. The molecule has 2 rings (SSSR count). The first kappa shape index (κ1) is 14.5. The van der Waals surface area contributed by atoms with Crippen molar-refractivity contribution < 1.29 is 13.6 Å². The van der Waals surface area contributed by atoms with Gasteiger partial charge < -0.3 is 5.32 Å². The highest BCUT2D eigenvalue weighted by atomic mass is 32.2. The standard InChI is InChI=1S/C13H13F2N3OS/c1-2-8-5-12(18-17-8)16-13(19)7-20-9-3-4-10(14)11(15)6-9/h3-6H,2,7H2,1H3,(H2,16,17,18,19). The fraction of sp³-hybridized carbons (Fsp3) is 0.231. The normalized spacial score (nSPS) is 10.6. The molecule has 2 aromatic rings. The Morgan fingerprint density at radius 2 is 2.15 bits per heavy atom. The number of thioether (sulfide) groups is 1. The molecule has 0 aliphatic rings. The second kappa shape index (κ2) is 6.51. The lowest BCUT2D eigenvalue weighted by Crippen LogP contribution is -2.14. The third kappa shape index (κ3) is 3.80. The van der Waals surface area contributed by atoms with E-state index < -0.39 is 11.6 Å². The van der Waals surface area contributed by atoms with Crippen molar-refractivity contribution in [1.82, 2.24) is 10.2 Å². The van der Waals surface area contributed by atoms with Crippen molar-refractivity contribution in [3.05, 3.63) is 41.6 Å². The van der Waals surface area contributed by atoms with Crippen molar-refractivity contribution in [3.63, 3.8) is 0 Å². The van der Waals surface area contributed by atoms with Gasteiger partial charge in [-0.15, -0.1) is 11.8 Å². The van der Waals surface area contributed by atoms with Gasteiger partial charge in [-0.3, -0.25) is 9.89 Å². The van der Waals surface area contributed by atoms with Crippen LogP contribution in [0.1, 0.15) is 12.6 Å². The lowest BCUT2D eigenvalue weighted by atomic mass is 10.3. The first-order valence-corrected chi connectivity index (χ1v) is 6.99. The Hall–Kier alpha value is -1.89. The summed E-state index contributed by atoms with van der Waals surface area (Å²) >= 11 is 1.13. The molecule has 20 heavy (non-hydrogen) atoms. The first-order valence-electron chi connectivity index (χ1n) is 6.00. The third-order valence-electron chi connectivity index (χ3n) is 2.54. The number of carbonyl (C=O) groups is 1. The zero-order valence-electron chi connectivity index (χ0n) is 10.7. The molecule has 0 saturated carbocycles. The van der Waals surface area contributed by atoms with Gasteiger partial charge in [-0.2, -0.15) is 5.10 Å². The van der Waals surface area contributed by atoms with Crippen LogP contribution in [0.2, 0.25) is 0 Å². The maximum Gasteiger partial charge on any atom is 0.235 e. The minimum Gasteiger partial charge on any atom is -0.308 e. The molecule has 7 heteroatoms. The van der Waals surface area contributed by atoms with Crippen LogP contribution in [0.5, 0.6) is 0 Å². The van der Waals surface area contributed by atoms with Gasteiger partial charge in [0.1, 0.15) is 0 Å². The van der Waals surface area contributed by atoms with E-state index in [0.29, 0.717) is 10.7 Å². The Labute approximate surface area is 119 Å². The number of amides is 1. The highest BCUT2D eigenvalue weighted by molar-refractivity contribution is 8.00. The number of benzene rings is 1. The van der Waals surface area contributed by atoms with Crippen molar-refractivity contribution in [1.29, 1.82) is 0 Å². The minimum atomic E-state index is -0.921. The maximum atomic E-state index is 13.0. The monoisotopic (exact) mass is 297 g/mol. The summed E-state index contributed by atoms with van der Waals surface area (Å²) in [6, 6.07) is 5.29. The van der Waals surface area contributed by atoms with E-state index in [1.807, 2.05) is 6.92 Å². The van der Waals surface area contributed by atoms with Gasteiger partial charge in [-0.05, 0) is 24.6 Å². The first-order chi connectivity index (χ1) is 9.58. The van der Waals surface area contributed by atoms with Gasteiger partial charge in [-0.1, -0.05) is 6.92 Å². The minimum absolute atomic E-state index is 0.0966. The van der Waals surface area contributed by atoms with Crippen LogP contribution in [0, 0.1) is 11.6 Å². The Bertz CT molecular complexity index is 615. The summed E-state index contributed by atoms with van der Waals surface area (Å²) in [5.74, 6) is -1.52. The van der Waals surface area contributed by atoms with E-state index in [1.165, 1.54) is 6.07 Å². The lowest BCUT2D eigenvalue weighted by Gasteiger charge is -2.02. The molecule has 0 radical (unpaired) electrons. The Morgan fingerprint density at radius 1 is 1.35 bits per heavy atom. The van der Waals surface area contributed by atoms with Crippen LogP contribution in [-0.4, -0.2) is 21.9 Å². The molecule has 0 bridgehead atoms. The highest BCUT2D eigenvalue weighted by Crippen LogP contribution is 2.20. The lowest BCUT2D eigenvalue weighted by molar-refractivity contribution is -0.113. The number of nitrogens with one attached hydrogen (secondary N) is 2. The van der Waals surface area contributed by atoms with Gasteiger partial charge in [0.15, 0.2) is 17.5 Å². The summed E-state index contributed by atoms with van der Waals surface area (Å²) in [5, 5.41) is 9.34. The van der Waals surface area contributed by atoms with Crippen molar-refractivity contribution in [2.45, 2.75) is 18.2 Å². The number of H-pyrrole nitrogens is 1. The fourth-order valence-corrected chi connectivity index (χ4v) is 2.22. The molecular formula is C13H13F2N3OS. The van der Waals surface area contributed by atoms with Crippen LogP contribution in [-0.2, 0) is 11.2 Å². The third-order valence-corrected chi connectivity index (χ3v) is 3.53. The summed E-state index contributed by atoms with van der Waals surface area (Å²) in [6.07, 6.45) is 0.798. The molecule has 0 atom stereocenters. The van der Waals surface area contributed by atoms with Gasteiger partial charge in [0.25, 0.3) is 0 Å². The quantitative estimate of drug-likeness (QED) is 0.834. The van der Waals surface area contributed by atoms with Crippen LogP contribution >= 0.6 is 11.8 Å². The van der Waals surface area contributed by atoms with Crippen molar-refractivity contribution in [2.75, 3.05) is 11.1 Å². The zero-order chi connectivity index (χ0) is 14.5. The van der Waals surface area contributed by atoms with E-state index >= 15 is 0 Å². The van der Waals surface area contributed by atoms with Gasteiger partial charge in [0.05, 0.1) is 5.75 Å². The number of carbonyl (C=O) groups excluding carboxylic acids is 1. The van der Waals surface area contributed by atoms with Gasteiger partial charge >= 0.3 is 0 Å². The molecule has 2 N–H and O–H groups in total. The average Bonchev–Trinajstić information content (AvgIpc) is 2.88. The van der Waals surface area contributed by atoms with Crippen LogP contribution in [0.15, 0.2) is 29.2 Å². The number of halogens is 2. The molecule has 0 aliphatic heterocycles. The smallest absolute Gasteiger partial charge is 0.235 e. The van der Waals surface area contributed by atoms with E-state index in [-0.39, 0.29) is 11.7 Å². The molecule has 0 aliphatic carbocycles. The molecule has 0 spiro atoms. The molecule has 1 aromatic heterocycles. The van der Waals surface area contributed by atoms with Gasteiger partial charge in [0, 0.05) is 16.7 Å². The number of aryl methyl sites for hydroxylation is 1. The topological polar surface area (TPSA) is 57.8 Å². The summed E-state index contributed by atoms with van der Waals surface area (Å²) in [6.45, 7) is 1.97. The number of anilines is 1. The molecule has 0 fully saturated rings. The van der Waals surface area contributed by atoms with E-state index in [2.05, 4.69) is 15.5 Å². The van der Waals surface area contributed by atoms with Gasteiger partial charge in [-0.25, -0.2) is 8.78 Å². The van der Waals surface area contributed by atoms with E-state index in [0.717, 1.165) is 36.0 Å². The number of rotatable bonds is 5. The molecule has 1 aromatic carbocycles. The predicted molar refractivity (Wildman–Crippen MR) is 73.7 cm³/mol. The Kier molecular flexibility index (Phi) is 4.73. The number of nitrogens with zero attached hydrogens (tertiary/aromatic N) is 1. The molecular weight excluding hydrogens is 284 g/mol. The zero-order valence-corrected chi connectivity index (χ0v) is 11.6. The summed E-state index contributed by atoms with van der Waals surface area (Å²) in [4.78, 5) is 12.2. The number of hydrogen-bond donors (Lipinski definition) is 2. The van der Waals surface area contributed by atoms with Crippen molar-refractivity contribution in [3.8, 4) is 0 Å². The Balaban J connectivity index is 1.87.